The molecule has 9 nitrogen and oxygen atoms in total. The number of nitrogens with one attached hydrogen (secondary N) is 2. The van der Waals surface area contributed by atoms with Gasteiger partial charge in [0.05, 0.1) is 25.4 Å². The van der Waals surface area contributed by atoms with Crippen LogP contribution in [0.3, 0.4) is 0 Å². The lowest BCUT2D eigenvalue weighted by atomic mass is 9.99. The number of hydrogen-bond acceptors (Lipinski definition) is 5. The standard InChI is InChI=1S/C23H19N5O4/c1-27-19-9-14(3-4-15(19)11-24-27)7-8-23(21(30)25-22(31)26-23)13-28-12-16-5-6-17(32-2)10-18(16)20(28)29/h3-6,9-11H,12-13H2,1-2H3,(H2,25,26,30,31)/t23-/m1/s1. The summed E-state index contributed by atoms with van der Waals surface area (Å²) < 4.78 is 6.94. The Morgan fingerprint density at radius 2 is 2.03 bits per heavy atom. The first-order valence-electron chi connectivity index (χ1n) is 9.93. The molecule has 1 fully saturated rings. The van der Waals surface area contributed by atoms with E-state index in [0.29, 0.717) is 23.4 Å². The third-order valence-corrected chi connectivity index (χ3v) is 5.73. The first kappa shape index (κ1) is 19.6. The van der Waals surface area contributed by atoms with Crippen LogP contribution in [0.25, 0.3) is 10.9 Å². The predicted molar refractivity (Wildman–Crippen MR) is 115 cm³/mol. The lowest BCUT2D eigenvalue weighted by molar-refractivity contribution is -0.122. The Morgan fingerprint density at radius 1 is 1.19 bits per heavy atom. The Labute approximate surface area is 183 Å². The third kappa shape index (κ3) is 3.13. The van der Waals surface area contributed by atoms with Crippen LogP contribution in [-0.4, -0.2) is 51.7 Å². The first-order valence-corrected chi connectivity index (χ1v) is 9.93. The Bertz CT molecular complexity index is 1370. The van der Waals surface area contributed by atoms with E-state index < -0.39 is 17.5 Å². The van der Waals surface area contributed by atoms with Gasteiger partial charge in [-0.05, 0) is 35.9 Å². The molecule has 160 valence electrons. The van der Waals surface area contributed by atoms with Gasteiger partial charge in [-0.15, -0.1) is 0 Å². The maximum atomic E-state index is 13.0. The summed E-state index contributed by atoms with van der Waals surface area (Å²) >= 11 is 0. The number of fused-ring (bicyclic) bond motifs is 2. The van der Waals surface area contributed by atoms with Crippen LogP contribution in [-0.2, 0) is 18.4 Å². The maximum absolute atomic E-state index is 13.0. The highest BCUT2D eigenvalue weighted by molar-refractivity contribution is 6.10. The van der Waals surface area contributed by atoms with Crippen LogP contribution in [0.4, 0.5) is 4.79 Å². The number of amides is 4. The molecule has 2 aromatic carbocycles. The quantitative estimate of drug-likeness (QED) is 0.480. The van der Waals surface area contributed by atoms with E-state index in [4.69, 9.17) is 4.74 Å². The van der Waals surface area contributed by atoms with Gasteiger partial charge in [0.2, 0.25) is 5.54 Å². The molecular formula is C23H19N5O4. The van der Waals surface area contributed by atoms with Crippen molar-refractivity contribution in [3.05, 3.63) is 59.3 Å². The molecule has 0 unspecified atom stereocenters. The summed E-state index contributed by atoms with van der Waals surface area (Å²) in [6, 6.07) is 10.2. The number of benzene rings is 2. The molecule has 1 saturated heterocycles. The fourth-order valence-corrected chi connectivity index (χ4v) is 4.01. The molecule has 0 aliphatic carbocycles. The minimum atomic E-state index is -1.56. The topological polar surface area (TPSA) is 106 Å². The molecule has 1 aromatic heterocycles. The highest BCUT2D eigenvalue weighted by atomic mass is 16.5. The molecule has 3 aromatic rings. The number of methoxy groups -OCH3 is 1. The zero-order valence-corrected chi connectivity index (χ0v) is 17.4. The summed E-state index contributed by atoms with van der Waals surface area (Å²) in [5, 5.41) is 10.0. The van der Waals surface area contributed by atoms with Gasteiger partial charge in [-0.3, -0.25) is 19.6 Å². The van der Waals surface area contributed by atoms with Gasteiger partial charge < -0.3 is 15.0 Å². The lowest BCUT2D eigenvalue weighted by Crippen LogP contribution is -2.54. The van der Waals surface area contributed by atoms with Crippen LogP contribution in [0.15, 0.2) is 42.6 Å². The highest BCUT2D eigenvalue weighted by Gasteiger charge is 2.48. The molecule has 9 heteroatoms. The molecule has 0 bridgehead atoms. The molecule has 2 aliphatic heterocycles. The molecule has 4 amide bonds. The minimum Gasteiger partial charge on any atom is -0.497 e. The summed E-state index contributed by atoms with van der Waals surface area (Å²) in [5.74, 6) is 5.66. The van der Waals surface area contributed by atoms with Gasteiger partial charge in [-0.25, -0.2) is 4.79 Å². The van der Waals surface area contributed by atoms with Crippen molar-refractivity contribution in [1.82, 2.24) is 25.3 Å². The molecule has 0 saturated carbocycles. The normalized spacial score (nSPS) is 19.4. The minimum absolute atomic E-state index is 0.0820. The van der Waals surface area contributed by atoms with Gasteiger partial charge in [-0.1, -0.05) is 17.9 Å². The monoisotopic (exact) mass is 429 g/mol. The second-order valence-corrected chi connectivity index (χ2v) is 7.79. The number of carbonyl (C=O) groups is 3. The van der Waals surface area contributed by atoms with Crippen LogP contribution in [0.5, 0.6) is 5.75 Å². The van der Waals surface area contributed by atoms with E-state index in [-0.39, 0.29) is 12.5 Å². The number of urea groups is 1. The van der Waals surface area contributed by atoms with Crippen LogP contribution in [0.1, 0.15) is 21.5 Å². The Balaban J connectivity index is 1.48. The number of imide groups is 1. The zero-order valence-electron chi connectivity index (χ0n) is 17.4. The lowest BCUT2D eigenvalue weighted by Gasteiger charge is -2.26. The van der Waals surface area contributed by atoms with Gasteiger partial charge >= 0.3 is 6.03 Å². The van der Waals surface area contributed by atoms with E-state index in [2.05, 4.69) is 27.6 Å². The molecule has 2 N–H and O–H groups in total. The summed E-state index contributed by atoms with van der Waals surface area (Å²) in [7, 11) is 3.36. The second-order valence-electron chi connectivity index (χ2n) is 7.79. The van der Waals surface area contributed by atoms with Gasteiger partial charge in [0.15, 0.2) is 0 Å². The van der Waals surface area contributed by atoms with Crippen molar-refractivity contribution in [2.24, 2.45) is 7.05 Å². The summed E-state index contributed by atoms with van der Waals surface area (Å²) in [6.45, 7) is 0.229. The van der Waals surface area contributed by atoms with E-state index in [1.165, 1.54) is 12.0 Å². The maximum Gasteiger partial charge on any atom is 0.323 e. The van der Waals surface area contributed by atoms with Crippen LogP contribution >= 0.6 is 0 Å². The summed E-state index contributed by atoms with van der Waals surface area (Å²) in [6.07, 6.45) is 1.75. The fraction of sp³-hybridized carbons (Fsp3) is 0.217. The molecule has 32 heavy (non-hydrogen) atoms. The predicted octanol–water partition coefficient (Wildman–Crippen LogP) is 1.17. The van der Waals surface area contributed by atoms with Crippen molar-refractivity contribution in [1.29, 1.82) is 0 Å². The number of aryl methyl sites for hydroxylation is 1. The second kappa shape index (κ2) is 7.13. The zero-order chi connectivity index (χ0) is 22.5. The van der Waals surface area contributed by atoms with E-state index in [1.54, 1.807) is 23.0 Å². The van der Waals surface area contributed by atoms with E-state index in [1.807, 2.05) is 31.3 Å². The van der Waals surface area contributed by atoms with Gasteiger partial charge in [0.1, 0.15) is 5.75 Å². The SMILES string of the molecule is COc1ccc2c(c1)C(=O)N(C[C@@]1(C#Cc3ccc4cnn(C)c4c3)NC(=O)NC1=O)C2. The van der Waals surface area contributed by atoms with Crippen LogP contribution in [0, 0.1) is 11.8 Å². The van der Waals surface area contributed by atoms with Gasteiger partial charge in [0.25, 0.3) is 11.8 Å². The molecule has 3 heterocycles. The molecule has 2 aliphatic rings. The highest BCUT2D eigenvalue weighted by Crippen LogP contribution is 2.28. The van der Waals surface area contributed by atoms with Crippen LogP contribution in [0.2, 0.25) is 0 Å². The number of carbonyl (C=O) groups excluding carboxylic acids is 3. The van der Waals surface area contributed by atoms with Crippen molar-refractivity contribution in [3.8, 4) is 17.6 Å². The first-order chi connectivity index (χ1) is 15.4. The van der Waals surface area contributed by atoms with E-state index in [0.717, 1.165) is 16.5 Å². The fourth-order valence-electron chi connectivity index (χ4n) is 4.01. The number of nitrogens with zero attached hydrogens (tertiary/aromatic N) is 3. The smallest absolute Gasteiger partial charge is 0.323 e. The number of ether oxygens (including phenoxy) is 1. The number of aromatic nitrogens is 2. The largest absolute Gasteiger partial charge is 0.497 e. The van der Waals surface area contributed by atoms with E-state index >= 15 is 0 Å². The molecule has 0 radical (unpaired) electrons. The van der Waals surface area contributed by atoms with Crippen molar-refractivity contribution < 1.29 is 19.1 Å². The number of hydrogen-bond donors (Lipinski definition) is 2. The molecule has 0 spiro atoms. The number of rotatable bonds is 3. The molecular weight excluding hydrogens is 410 g/mol. The van der Waals surface area contributed by atoms with Crippen molar-refractivity contribution >= 4 is 28.7 Å². The molecule has 5 rings (SSSR count). The molecule has 1 atom stereocenters. The summed E-state index contributed by atoms with van der Waals surface area (Å²) in [4.78, 5) is 39.2. The van der Waals surface area contributed by atoms with Crippen molar-refractivity contribution in [2.75, 3.05) is 13.7 Å². The average molecular weight is 429 g/mol. The van der Waals surface area contributed by atoms with Gasteiger partial charge in [0, 0.05) is 30.1 Å². The van der Waals surface area contributed by atoms with Crippen LogP contribution < -0.4 is 15.4 Å². The average Bonchev–Trinajstić information content (AvgIpc) is 3.40. The Kier molecular flexibility index (Phi) is 4.37. The Morgan fingerprint density at radius 3 is 2.78 bits per heavy atom. The summed E-state index contributed by atoms with van der Waals surface area (Å²) in [5.41, 5.74) is 1.34. The third-order valence-electron chi connectivity index (χ3n) is 5.73. The Hall–Kier alpha value is -4.32. The van der Waals surface area contributed by atoms with E-state index in [9.17, 15) is 14.4 Å². The van der Waals surface area contributed by atoms with Gasteiger partial charge in [-0.2, -0.15) is 5.10 Å². The van der Waals surface area contributed by atoms with Crippen molar-refractivity contribution in [2.45, 2.75) is 12.1 Å². The van der Waals surface area contributed by atoms with Crippen molar-refractivity contribution in [3.63, 3.8) is 0 Å².